The Morgan fingerprint density at radius 3 is 2.83 bits per heavy atom. The maximum Gasteiger partial charge on any atom is 0.355 e. The number of esters is 1. The number of aromatic nitrogens is 2. The highest BCUT2D eigenvalue weighted by Gasteiger charge is 2.18. The minimum atomic E-state index is -0.469. The van der Waals surface area contributed by atoms with Crippen molar-refractivity contribution in [1.29, 1.82) is 5.26 Å². The molecule has 1 N–H and O–H groups in total. The molecule has 120 valence electrons. The summed E-state index contributed by atoms with van der Waals surface area (Å²) in [7, 11) is 0. The van der Waals surface area contributed by atoms with Gasteiger partial charge in [0, 0.05) is 12.6 Å². The Kier molecular flexibility index (Phi) is 4.17. The molecular weight excluding hydrogens is 306 g/mol. The molecule has 0 spiro atoms. The standard InChI is InChI=1S/C18H15N3O3/c1-2-24-18(23)16-9-14-15(7-8-17(22)20-14)21(16)11-13-6-4-3-5-12(13)10-19/h3-9H,2,11H2,1H3,(H,20,22). The van der Waals surface area contributed by atoms with Crippen LogP contribution in [0.1, 0.15) is 28.5 Å². The van der Waals surface area contributed by atoms with Gasteiger partial charge in [-0.05, 0) is 30.7 Å². The van der Waals surface area contributed by atoms with Crippen LogP contribution in [0.2, 0.25) is 0 Å². The van der Waals surface area contributed by atoms with Crippen molar-refractivity contribution in [3.63, 3.8) is 0 Å². The summed E-state index contributed by atoms with van der Waals surface area (Å²) in [6, 6.07) is 14.0. The van der Waals surface area contributed by atoms with E-state index < -0.39 is 5.97 Å². The van der Waals surface area contributed by atoms with E-state index >= 15 is 0 Å². The molecule has 0 aliphatic carbocycles. The number of hydrogen-bond donors (Lipinski definition) is 1. The van der Waals surface area contributed by atoms with Crippen molar-refractivity contribution < 1.29 is 9.53 Å². The number of H-pyrrole nitrogens is 1. The number of carbonyl (C=O) groups excluding carboxylic acids is 1. The third-order valence-corrected chi connectivity index (χ3v) is 3.74. The number of ether oxygens (including phenoxy) is 1. The van der Waals surface area contributed by atoms with Crippen LogP contribution in [0.15, 0.2) is 47.3 Å². The lowest BCUT2D eigenvalue weighted by Crippen LogP contribution is -2.13. The average molecular weight is 321 g/mol. The predicted octanol–water partition coefficient (Wildman–Crippen LogP) is 2.43. The highest BCUT2D eigenvalue weighted by molar-refractivity contribution is 5.94. The van der Waals surface area contributed by atoms with Gasteiger partial charge in [-0.15, -0.1) is 0 Å². The lowest BCUT2D eigenvalue weighted by atomic mass is 10.1. The monoisotopic (exact) mass is 321 g/mol. The number of aromatic amines is 1. The molecule has 0 radical (unpaired) electrons. The zero-order valence-corrected chi connectivity index (χ0v) is 13.1. The second-order valence-electron chi connectivity index (χ2n) is 5.23. The Hall–Kier alpha value is -3.33. The molecule has 3 rings (SSSR count). The summed E-state index contributed by atoms with van der Waals surface area (Å²) in [6.45, 7) is 2.32. The number of nitrogens with zero attached hydrogens (tertiary/aromatic N) is 2. The van der Waals surface area contributed by atoms with E-state index in [0.29, 0.717) is 28.8 Å². The largest absolute Gasteiger partial charge is 0.461 e. The molecule has 0 aliphatic heterocycles. The summed E-state index contributed by atoms with van der Waals surface area (Å²) in [6.07, 6.45) is 0. The summed E-state index contributed by atoms with van der Waals surface area (Å²) in [5, 5.41) is 9.26. The summed E-state index contributed by atoms with van der Waals surface area (Å²) >= 11 is 0. The molecule has 1 aromatic carbocycles. The Bertz CT molecular complexity index is 1010. The minimum Gasteiger partial charge on any atom is -0.461 e. The molecule has 0 amide bonds. The summed E-state index contributed by atoms with van der Waals surface area (Å²) in [5.74, 6) is -0.469. The Balaban J connectivity index is 2.17. The minimum absolute atomic E-state index is 0.243. The lowest BCUT2D eigenvalue weighted by Gasteiger charge is -2.11. The third-order valence-electron chi connectivity index (χ3n) is 3.74. The van der Waals surface area contributed by atoms with Crippen LogP contribution in [-0.4, -0.2) is 22.1 Å². The zero-order chi connectivity index (χ0) is 17.1. The maximum atomic E-state index is 12.3. The van der Waals surface area contributed by atoms with Gasteiger partial charge in [-0.1, -0.05) is 18.2 Å². The van der Waals surface area contributed by atoms with Gasteiger partial charge in [0.05, 0.1) is 29.3 Å². The molecule has 0 saturated carbocycles. The van der Waals surface area contributed by atoms with Crippen LogP contribution < -0.4 is 5.56 Å². The van der Waals surface area contributed by atoms with E-state index in [9.17, 15) is 14.9 Å². The quantitative estimate of drug-likeness (QED) is 0.748. The molecule has 0 bridgehead atoms. The number of hydrogen-bond acceptors (Lipinski definition) is 4. The van der Waals surface area contributed by atoms with E-state index in [1.54, 1.807) is 35.8 Å². The molecular formula is C18H15N3O3. The van der Waals surface area contributed by atoms with Gasteiger partial charge in [0.1, 0.15) is 5.69 Å². The molecule has 0 atom stereocenters. The van der Waals surface area contributed by atoms with Gasteiger partial charge in [0.2, 0.25) is 5.56 Å². The van der Waals surface area contributed by atoms with E-state index in [-0.39, 0.29) is 12.2 Å². The second-order valence-corrected chi connectivity index (χ2v) is 5.23. The first-order valence-corrected chi connectivity index (χ1v) is 7.51. The topological polar surface area (TPSA) is 87.9 Å². The van der Waals surface area contributed by atoms with Crippen LogP contribution in [0, 0.1) is 11.3 Å². The zero-order valence-electron chi connectivity index (χ0n) is 13.1. The Morgan fingerprint density at radius 2 is 2.08 bits per heavy atom. The number of pyridine rings is 1. The number of nitrogens with one attached hydrogen (secondary N) is 1. The molecule has 24 heavy (non-hydrogen) atoms. The van der Waals surface area contributed by atoms with Gasteiger partial charge < -0.3 is 14.3 Å². The van der Waals surface area contributed by atoms with Crippen LogP contribution >= 0.6 is 0 Å². The highest BCUT2D eigenvalue weighted by Crippen LogP contribution is 2.21. The van der Waals surface area contributed by atoms with E-state index in [4.69, 9.17) is 4.74 Å². The van der Waals surface area contributed by atoms with Gasteiger partial charge in [-0.3, -0.25) is 4.79 Å². The first-order chi connectivity index (χ1) is 11.6. The summed E-state index contributed by atoms with van der Waals surface area (Å²) in [5.41, 5.74) is 2.67. The first-order valence-electron chi connectivity index (χ1n) is 7.51. The first kappa shape index (κ1) is 15.6. The van der Waals surface area contributed by atoms with Gasteiger partial charge >= 0.3 is 5.97 Å². The molecule has 0 saturated heterocycles. The molecule has 0 unspecified atom stereocenters. The van der Waals surface area contributed by atoms with E-state index in [2.05, 4.69) is 11.1 Å². The Labute approximate surface area is 137 Å². The molecule has 0 fully saturated rings. The van der Waals surface area contributed by atoms with Gasteiger partial charge in [0.15, 0.2) is 0 Å². The number of carbonyl (C=O) groups is 1. The number of fused-ring (bicyclic) bond motifs is 1. The lowest BCUT2D eigenvalue weighted by molar-refractivity contribution is 0.0515. The van der Waals surface area contributed by atoms with Crippen LogP contribution in [-0.2, 0) is 11.3 Å². The third kappa shape index (κ3) is 2.79. The fourth-order valence-corrected chi connectivity index (χ4v) is 2.65. The molecule has 2 heterocycles. The highest BCUT2D eigenvalue weighted by atomic mass is 16.5. The molecule has 0 aliphatic rings. The number of benzene rings is 1. The molecule has 2 aromatic heterocycles. The maximum absolute atomic E-state index is 12.3. The number of nitriles is 1. The van der Waals surface area contributed by atoms with Crippen molar-refractivity contribution in [2.45, 2.75) is 13.5 Å². The molecule has 3 aromatic rings. The Morgan fingerprint density at radius 1 is 1.29 bits per heavy atom. The van der Waals surface area contributed by atoms with Crippen LogP contribution in [0.3, 0.4) is 0 Å². The predicted molar refractivity (Wildman–Crippen MR) is 88.8 cm³/mol. The average Bonchev–Trinajstić information content (AvgIpc) is 2.93. The van der Waals surface area contributed by atoms with Crippen molar-refractivity contribution in [1.82, 2.24) is 9.55 Å². The fourth-order valence-electron chi connectivity index (χ4n) is 2.65. The van der Waals surface area contributed by atoms with E-state index in [0.717, 1.165) is 5.56 Å². The smallest absolute Gasteiger partial charge is 0.355 e. The van der Waals surface area contributed by atoms with Crippen molar-refractivity contribution in [2.24, 2.45) is 0 Å². The SMILES string of the molecule is CCOC(=O)c1cc2[nH]c(=O)ccc2n1Cc1ccccc1C#N. The van der Waals surface area contributed by atoms with Gasteiger partial charge in [-0.2, -0.15) is 5.26 Å². The van der Waals surface area contributed by atoms with Crippen molar-refractivity contribution in [2.75, 3.05) is 6.61 Å². The van der Waals surface area contributed by atoms with E-state index in [1.165, 1.54) is 6.07 Å². The molecule has 6 heteroatoms. The summed E-state index contributed by atoms with van der Waals surface area (Å²) in [4.78, 5) is 26.5. The van der Waals surface area contributed by atoms with Crippen molar-refractivity contribution >= 4 is 17.0 Å². The van der Waals surface area contributed by atoms with Gasteiger partial charge in [-0.25, -0.2) is 4.79 Å². The summed E-state index contributed by atoms with van der Waals surface area (Å²) < 4.78 is 6.86. The second kappa shape index (κ2) is 6.42. The van der Waals surface area contributed by atoms with Crippen molar-refractivity contribution in [3.05, 3.63) is 69.6 Å². The normalized spacial score (nSPS) is 10.5. The van der Waals surface area contributed by atoms with Crippen LogP contribution in [0.5, 0.6) is 0 Å². The molecule has 6 nitrogen and oxygen atoms in total. The van der Waals surface area contributed by atoms with Crippen LogP contribution in [0.25, 0.3) is 11.0 Å². The van der Waals surface area contributed by atoms with E-state index in [1.807, 2.05) is 12.1 Å². The van der Waals surface area contributed by atoms with Crippen LogP contribution in [0.4, 0.5) is 0 Å². The fraction of sp³-hybridized carbons (Fsp3) is 0.167. The van der Waals surface area contributed by atoms with Gasteiger partial charge in [0.25, 0.3) is 0 Å². The number of rotatable bonds is 4. The van der Waals surface area contributed by atoms with Crippen molar-refractivity contribution in [3.8, 4) is 6.07 Å².